The zero-order valence-corrected chi connectivity index (χ0v) is 12.6. The SMILES string of the molecule is [Si]C(c1ccccc1Br)c1ccccc1Br. The summed E-state index contributed by atoms with van der Waals surface area (Å²) in [6.07, 6.45) is 0. The first kappa shape index (κ1) is 12.1. The minimum Gasteiger partial charge on any atom is -0.0619 e. The van der Waals surface area contributed by atoms with E-state index in [4.69, 9.17) is 0 Å². The molecule has 0 spiro atoms. The number of halogens is 2. The van der Waals surface area contributed by atoms with Crippen molar-refractivity contribution in [2.24, 2.45) is 0 Å². The van der Waals surface area contributed by atoms with Gasteiger partial charge in [-0.1, -0.05) is 68.3 Å². The van der Waals surface area contributed by atoms with Crippen LogP contribution in [0.4, 0.5) is 0 Å². The van der Waals surface area contributed by atoms with Crippen molar-refractivity contribution in [3.05, 3.63) is 68.6 Å². The molecule has 0 aliphatic rings. The highest BCUT2D eigenvalue weighted by Gasteiger charge is 2.13. The molecule has 0 fully saturated rings. The minimum absolute atomic E-state index is 0.186. The highest BCUT2D eigenvalue weighted by Crippen LogP contribution is 2.31. The molecule has 0 aliphatic heterocycles. The van der Waals surface area contributed by atoms with Gasteiger partial charge in [0.25, 0.3) is 0 Å². The van der Waals surface area contributed by atoms with Crippen LogP contribution in [0, 0.1) is 0 Å². The van der Waals surface area contributed by atoms with Gasteiger partial charge < -0.3 is 0 Å². The summed E-state index contributed by atoms with van der Waals surface area (Å²) in [5.74, 6) is 0. The molecule has 0 aromatic heterocycles. The highest BCUT2D eigenvalue weighted by atomic mass is 79.9. The largest absolute Gasteiger partial charge is 0.0619 e. The molecule has 0 nitrogen and oxygen atoms in total. The molecule has 0 amide bonds. The molecule has 0 N–H and O–H groups in total. The summed E-state index contributed by atoms with van der Waals surface area (Å²) >= 11 is 7.14. The summed E-state index contributed by atoms with van der Waals surface area (Å²) in [7, 11) is 3.79. The molecule has 0 saturated carbocycles. The van der Waals surface area contributed by atoms with Crippen LogP contribution in [0.5, 0.6) is 0 Å². The van der Waals surface area contributed by atoms with Crippen molar-refractivity contribution in [2.45, 2.75) is 5.54 Å². The summed E-state index contributed by atoms with van der Waals surface area (Å²) in [5.41, 5.74) is 2.64. The lowest BCUT2D eigenvalue weighted by atomic mass is 10.0. The van der Waals surface area contributed by atoms with Gasteiger partial charge in [0.15, 0.2) is 0 Å². The lowest BCUT2D eigenvalue weighted by Crippen LogP contribution is -2.02. The first-order chi connectivity index (χ1) is 7.70. The molecule has 0 atom stereocenters. The fourth-order valence-electron chi connectivity index (χ4n) is 1.59. The molecular formula is C13H9Br2Si. The maximum Gasteiger partial charge on any atom is 0.0397 e. The number of benzene rings is 2. The van der Waals surface area contributed by atoms with Crippen LogP contribution >= 0.6 is 31.9 Å². The van der Waals surface area contributed by atoms with Crippen molar-refractivity contribution in [1.82, 2.24) is 0 Å². The zero-order valence-electron chi connectivity index (χ0n) is 8.45. The zero-order chi connectivity index (χ0) is 11.5. The highest BCUT2D eigenvalue weighted by molar-refractivity contribution is 9.10. The van der Waals surface area contributed by atoms with Gasteiger partial charge in [0.1, 0.15) is 0 Å². The Kier molecular flexibility index (Phi) is 4.00. The van der Waals surface area contributed by atoms with Crippen molar-refractivity contribution >= 4 is 42.1 Å². The van der Waals surface area contributed by atoms with Gasteiger partial charge in [-0.3, -0.25) is 0 Å². The Morgan fingerprint density at radius 2 is 1.12 bits per heavy atom. The molecule has 2 aromatic carbocycles. The van der Waals surface area contributed by atoms with Crippen LogP contribution in [0.25, 0.3) is 0 Å². The molecule has 2 aromatic rings. The van der Waals surface area contributed by atoms with Gasteiger partial charge >= 0.3 is 0 Å². The first-order valence-corrected chi connectivity index (χ1v) is 7.06. The average Bonchev–Trinajstić information content (AvgIpc) is 2.29. The van der Waals surface area contributed by atoms with E-state index >= 15 is 0 Å². The Morgan fingerprint density at radius 3 is 1.50 bits per heavy atom. The van der Waals surface area contributed by atoms with E-state index < -0.39 is 0 Å². The van der Waals surface area contributed by atoms with E-state index in [1.807, 2.05) is 24.3 Å². The van der Waals surface area contributed by atoms with E-state index in [0.29, 0.717) is 0 Å². The molecule has 0 heterocycles. The van der Waals surface area contributed by atoms with Crippen LogP contribution in [0.1, 0.15) is 16.7 Å². The molecule has 0 saturated heterocycles. The lowest BCUT2D eigenvalue weighted by molar-refractivity contribution is 1.11. The number of rotatable bonds is 2. The minimum atomic E-state index is 0.186. The molecule has 79 valence electrons. The van der Waals surface area contributed by atoms with E-state index in [9.17, 15) is 0 Å². The van der Waals surface area contributed by atoms with Gasteiger partial charge in [0.05, 0.1) is 0 Å². The second kappa shape index (κ2) is 5.30. The smallest absolute Gasteiger partial charge is 0.0397 e. The third-order valence-corrected chi connectivity index (χ3v) is 4.50. The third kappa shape index (κ3) is 2.47. The Morgan fingerprint density at radius 1 is 0.750 bits per heavy atom. The van der Waals surface area contributed by atoms with Gasteiger partial charge in [-0.05, 0) is 28.8 Å². The maximum absolute atomic E-state index is 3.79. The predicted molar refractivity (Wildman–Crippen MR) is 75.9 cm³/mol. The molecule has 0 unspecified atom stereocenters. The Hall–Kier alpha value is -0.383. The lowest BCUT2D eigenvalue weighted by Gasteiger charge is -2.15. The Bertz CT molecular complexity index is 451. The number of hydrogen-bond donors (Lipinski definition) is 0. The van der Waals surface area contributed by atoms with Crippen molar-refractivity contribution < 1.29 is 0 Å². The normalized spacial score (nSPS) is 10.8. The molecule has 2 rings (SSSR count). The van der Waals surface area contributed by atoms with Gasteiger partial charge in [-0.15, -0.1) is 0 Å². The Labute approximate surface area is 116 Å². The molecule has 0 aliphatic carbocycles. The van der Waals surface area contributed by atoms with E-state index in [-0.39, 0.29) is 5.54 Å². The molecule has 3 heteroatoms. The van der Waals surface area contributed by atoms with E-state index in [0.717, 1.165) is 8.95 Å². The third-order valence-electron chi connectivity index (χ3n) is 2.43. The second-order valence-electron chi connectivity index (χ2n) is 3.48. The average molecular weight is 353 g/mol. The summed E-state index contributed by atoms with van der Waals surface area (Å²) in [5, 5.41) is 0. The summed E-state index contributed by atoms with van der Waals surface area (Å²) in [6.45, 7) is 0. The van der Waals surface area contributed by atoms with Crippen molar-refractivity contribution in [2.75, 3.05) is 0 Å². The van der Waals surface area contributed by atoms with Gasteiger partial charge in [0, 0.05) is 19.2 Å². The van der Waals surface area contributed by atoms with E-state index in [1.54, 1.807) is 0 Å². The van der Waals surface area contributed by atoms with Gasteiger partial charge in [-0.25, -0.2) is 0 Å². The monoisotopic (exact) mass is 351 g/mol. The van der Waals surface area contributed by atoms with Crippen LogP contribution < -0.4 is 0 Å². The Balaban J connectivity index is 2.44. The predicted octanol–water partition coefficient (Wildman–Crippen LogP) is 4.47. The van der Waals surface area contributed by atoms with E-state index in [1.165, 1.54) is 11.1 Å². The van der Waals surface area contributed by atoms with Crippen LogP contribution in [0.2, 0.25) is 0 Å². The molecular weight excluding hydrogens is 344 g/mol. The second-order valence-corrected chi connectivity index (χ2v) is 5.76. The summed E-state index contributed by atoms with van der Waals surface area (Å²) < 4.78 is 2.23. The first-order valence-electron chi connectivity index (χ1n) is 4.90. The van der Waals surface area contributed by atoms with Gasteiger partial charge in [-0.2, -0.15) is 0 Å². The number of hydrogen-bond acceptors (Lipinski definition) is 0. The van der Waals surface area contributed by atoms with Crippen LogP contribution in [-0.4, -0.2) is 10.2 Å². The summed E-state index contributed by atoms with van der Waals surface area (Å²) in [6, 6.07) is 16.5. The quantitative estimate of drug-likeness (QED) is 0.699. The van der Waals surface area contributed by atoms with Crippen LogP contribution in [0.3, 0.4) is 0 Å². The van der Waals surface area contributed by atoms with Crippen molar-refractivity contribution in [3.63, 3.8) is 0 Å². The van der Waals surface area contributed by atoms with Crippen LogP contribution in [0.15, 0.2) is 57.5 Å². The maximum atomic E-state index is 3.79. The fraction of sp³-hybridized carbons (Fsp3) is 0.0769. The van der Waals surface area contributed by atoms with Crippen molar-refractivity contribution in [1.29, 1.82) is 0 Å². The topological polar surface area (TPSA) is 0 Å². The molecule has 0 bridgehead atoms. The van der Waals surface area contributed by atoms with Crippen molar-refractivity contribution in [3.8, 4) is 0 Å². The van der Waals surface area contributed by atoms with Gasteiger partial charge in [0.2, 0.25) is 0 Å². The van der Waals surface area contributed by atoms with E-state index in [2.05, 4.69) is 66.4 Å². The molecule has 16 heavy (non-hydrogen) atoms. The standard InChI is InChI=1S/C13H9Br2Si/c14-11-7-3-1-5-9(11)13(16)10-6-2-4-8-12(10)15/h1-8,13H. The fourth-order valence-corrected chi connectivity index (χ4v) is 3.54. The molecule has 3 radical (unpaired) electrons. The summed E-state index contributed by atoms with van der Waals surface area (Å²) in [4.78, 5) is 0. The van der Waals surface area contributed by atoms with Crippen LogP contribution in [-0.2, 0) is 0 Å².